The smallest absolute Gasteiger partial charge is 0.276 e. The summed E-state index contributed by atoms with van der Waals surface area (Å²) in [6, 6.07) is 10.5. The number of nitrogens with one attached hydrogen (secondary N) is 1. The van der Waals surface area contributed by atoms with Crippen molar-refractivity contribution >= 4 is 15.7 Å². The molecule has 0 saturated heterocycles. The van der Waals surface area contributed by atoms with E-state index in [4.69, 9.17) is 9.47 Å². The summed E-state index contributed by atoms with van der Waals surface area (Å²) >= 11 is 0. The first-order valence-corrected chi connectivity index (χ1v) is 8.88. The minimum absolute atomic E-state index is 0.189. The summed E-state index contributed by atoms with van der Waals surface area (Å²) in [6.07, 6.45) is 0. The number of aryl methyl sites for hydroxylation is 2. The number of sulfonamides is 1. The Morgan fingerprint density at radius 2 is 1.83 bits per heavy atom. The molecule has 0 fully saturated rings. The van der Waals surface area contributed by atoms with E-state index < -0.39 is 10.0 Å². The Morgan fingerprint density at radius 1 is 1.08 bits per heavy atom. The molecule has 0 amide bonds. The van der Waals surface area contributed by atoms with Crippen molar-refractivity contribution in [2.45, 2.75) is 25.7 Å². The molecule has 3 rings (SSSR count). The molecule has 1 aliphatic rings. The van der Waals surface area contributed by atoms with Gasteiger partial charge in [-0.1, -0.05) is 17.7 Å². The lowest BCUT2D eigenvalue weighted by molar-refractivity contribution is 0.174. The van der Waals surface area contributed by atoms with E-state index in [2.05, 4.69) is 9.93 Å². The van der Waals surface area contributed by atoms with Crippen LogP contribution >= 0.6 is 0 Å². The molecule has 1 aliphatic heterocycles. The normalized spacial score (nSPS) is 13.9. The van der Waals surface area contributed by atoms with E-state index in [1.807, 2.05) is 13.0 Å². The summed E-state index contributed by atoms with van der Waals surface area (Å²) in [5.41, 5.74) is 2.97. The maximum Gasteiger partial charge on any atom is 0.276 e. The number of fused-ring (bicyclic) bond motifs is 1. The zero-order valence-corrected chi connectivity index (χ0v) is 14.5. The Bertz CT molecular complexity index is 920. The van der Waals surface area contributed by atoms with Crippen molar-refractivity contribution < 1.29 is 17.9 Å². The predicted molar refractivity (Wildman–Crippen MR) is 91.0 cm³/mol. The average molecular weight is 346 g/mol. The Labute approximate surface area is 141 Å². The third-order valence-corrected chi connectivity index (χ3v) is 5.11. The molecule has 7 heteroatoms. The van der Waals surface area contributed by atoms with Crippen LogP contribution in [0.15, 0.2) is 46.4 Å². The summed E-state index contributed by atoms with van der Waals surface area (Å²) in [4.78, 5) is 2.51. The van der Waals surface area contributed by atoms with Gasteiger partial charge in [0.05, 0.1) is 10.6 Å². The highest BCUT2D eigenvalue weighted by atomic mass is 32.2. The van der Waals surface area contributed by atoms with Crippen molar-refractivity contribution in [3.63, 3.8) is 0 Å². The SMILES string of the molecule is C/C(=N/NS(=O)(=O)c1ccc(C)cc1C)c1ccc2c(c1)OCO2. The standard InChI is InChI=1S/C17H18N2O4S/c1-11-4-7-17(12(2)8-11)24(20,21)19-18-13(3)14-5-6-15-16(9-14)23-10-22-15/h4-9,19H,10H2,1-3H3/b18-13-. The molecule has 1 heterocycles. The summed E-state index contributed by atoms with van der Waals surface area (Å²) in [7, 11) is -3.72. The first-order valence-electron chi connectivity index (χ1n) is 7.40. The van der Waals surface area contributed by atoms with Gasteiger partial charge in [0.25, 0.3) is 10.0 Å². The van der Waals surface area contributed by atoms with Gasteiger partial charge in [-0.15, -0.1) is 0 Å². The van der Waals surface area contributed by atoms with Gasteiger partial charge in [0, 0.05) is 5.56 Å². The van der Waals surface area contributed by atoms with Crippen molar-refractivity contribution in [3.05, 3.63) is 53.1 Å². The quantitative estimate of drug-likeness (QED) is 0.682. The lowest BCUT2D eigenvalue weighted by atomic mass is 10.1. The number of hydrazone groups is 1. The van der Waals surface area contributed by atoms with Gasteiger partial charge in [0.15, 0.2) is 11.5 Å². The van der Waals surface area contributed by atoms with E-state index in [1.165, 1.54) is 0 Å². The zero-order valence-electron chi connectivity index (χ0n) is 13.7. The van der Waals surface area contributed by atoms with Crippen LogP contribution in [0.2, 0.25) is 0 Å². The summed E-state index contributed by atoms with van der Waals surface area (Å²) < 4.78 is 35.4. The molecule has 2 aromatic carbocycles. The van der Waals surface area contributed by atoms with Gasteiger partial charge >= 0.3 is 0 Å². The lowest BCUT2D eigenvalue weighted by Crippen LogP contribution is -2.21. The van der Waals surface area contributed by atoms with Crippen molar-refractivity contribution in [1.29, 1.82) is 0 Å². The Hall–Kier alpha value is -2.54. The molecular weight excluding hydrogens is 328 g/mol. The molecule has 1 N–H and O–H groups in total. The molecule has 0 saturated carbocycles. The number of hydrogen-bond donors (Lipinski definition) is 1. The van der Waals surface area contributed by atoms with E-state index >= 15 is 0 Å². The molecule has 0 radical (unpaired) electrons. The molecule has 2 aromatic rings. The zero-order chi connectivity index (χ0) is 17.3. The number of hydrogen-bond acceptors (Lipinski definition) is 5. The van der Waals surface area contributed by atoms with Crippen LogP contribution in [0.3, 0.4) is 0 Å². The van der Waals surface area contributed by atoms with Crippen LogP contribution < -0.4 is 14.3 Å². The van der Waals surface area contributed by atoms with E-state index in [0.717, 1.165) is 11.1 Å². The topological polar surface area (TPSA) is 77.0 Å². The number of benzene rings is 2. The van der Waals surface area contributed by atoms with Crippen LogP contribution in [0.25, 0.3) is 0 Å². The second-order valence-corrected chi connectivity index (χ2v) is 7.26. The maximum absolute atomic E-state index is 12.4. The lowest BCUT2D eigenvalue weighted by Gasteiger charge is -2.09. The van der Waals surface area contributed by atoms with Crippen LogP contribution in [0.5, 0.6) is 11.5 Å². The highest BCUT2D eigenvalue weighted by molar-refractivity contribution is 7.89. The maximum atomic E-state index is 12.4. The molecule has 0 spiro atoms. The summed E-state index contributed by atoms with van der Waals surface area (Å²) in [5.74, 6) is 1.29. The van der Waals surface area contributed by atoms with Crippen molar-refractivity contribution in [3.8, 4) is 11.5 Å². The third-order valence-electron chi connectivity index (χ3n) is 3.74. The number of ether oxygens (including phenoxy) is 2. The second-order valence-electron chi connectivity index (χ2n) is 5.63. The van der Waals surface area contributed by atoms with E-state index in [0.29, 0.717) is 22.8 Å². The first-order chi connectivity index (χ1) is 11.4. The summed E-state index contributed by atoms with van der Waals surface area (Å²) in [6.45, 7) is 5.59. The molecule has 0 aliphatic carbocycles. The molecule has 0 atom stereocenters. The fourth-order valence-corrected chi connectivity index (χ4v) is 3.55. The molecule has 6 nitrogen and oxygen atoms in total. The fourth-order valence-electron chi connectivity index (χ4n) is 2.46. The van der Waals surface area contributed by atoms with Crippen LogP contribution in [0.1, 0.15) is 23.6 Å². The summed E-state index contributed by atoms with van der Waals surface area (Å²) in [5, 5.41) is 4.01. The monoisotopic (exact) mass is 346 g/mol. The Kier molecular flexibility index (Phi) is 4.19. The number of nitrogens with zero attached hydrogens (tertiary/aromatic N) is 1. The average Bonchev–Trinajstić information content (AvgIpc) is 2.99. The molecule has 126 valence electrons. The van der Waals surface area contributed by atoms with Gasteiger partial charge in [-0.25, -0.2) is 0 Å². The molecule has 0 bridgehead atoms. The van der Waals surface area contributed by atoms with Crippen molar-refractivity contribution in [2.75, 3.05) is 6.79 Å². The highest BCUT2D eigenvalue weighted by Gasteiger charge is 2.17. The van der Waals surface area contributed by atoms with Gasteiger partial charge in [0.2, 0.25) is 6.79 Å². The van der Waals surface area contributed by atoms with E-state index in [-0.39, 0.29) is 11.7 Å². The van der Waals surface area contributed by atoms with Gasteiger partial charge in [-0.3, -0.25) is 0 Å². The van der Waals surface area contributed by atoms with Crippen LogP contribution in [0, 0.1) is 13.8 Å². The Morgan fingerprint density at radius 3 is 2.58 bits per heavy atom. The number of rotatable bonds is 4. The minimum Gasteiger partial charge on any atom is -0.454 e. The van der Waals surface area contributed by atoms with Crippen LogP contribution in [-0.2, 0) is 10.0 Å². The van der Waals surface area contributed by atoms with Crippen LogP contribution in [0.4, 0.5) is 0 Å². The third kappa shape index (κ3) is 3.21. The van der Waals surface area contributed by atoms with Gasteiger partial charge < -0.3 is 9.47 Å². The van der Waals surface area contributed by atoms with Crippen LogP contribution in [-0.4, -0.2) is 20.9 Å². The van der Waals surface area contributed by atoms with Crippen molar-refractivity contribution in [1.82, 2.24) is 4.83 Å². The predicted octanol–water partition coefficient (Wildman–Crippen LogP) is 2.73. The molecule has 0 unspecified atom stereocenters. The van der Waals surface area contributed by atoms with Gasteiger partial charge in [-0.2, -0.15) is 18.4 Å². The Balaban J connectivity index is 1.83. The van der Waals surface area contributed by atoms with Gasteiger partial charge in [0.1, 0.15) is 0 Å². The van der Waals surface area contributed by atoms with E-state index in [9.17, 15) is 8.42 Å². The second kappa shape index (κ2) is 6.16. The molecule has 24 heavy (non-hydrogen) atoms. The van der Waals surface area contributed by atoms with E-state index in [1.54, 1.807) is 44.2 Å². The minimum atomic E-state index is -3.72. The first kappa shape index (κ1) is 16.3. The highest BCUT2D eigenvalue weighted by Crippen LogP contribution is 2.32. The fraction of sp³-hybridized carbons (Fsp3) is 0.235. The van der Waals surface area contributed by atoms with Gasteiger partial charge in [-0.05, 0) is 50.6 Å². The largest absolute Gasteiger partial charge is 0.454 e. The molecular formula is C17H18N2O4S. The molecule has 0 aromatic heterocycles. The van der Waals surface area contributed by atoms with Crippen molar-refractivity contribution in [2.24, 2.45) is 5.10 Å².